The average Bonchev–Trinajstić information content (AvgIpc) is 2.85. The number of rotatable bonds is 8. The van der Waals surface area contributed by atoms with Crippen LogP contribution in [0.15, 0.2) is 79.6 Å². The number of aromatic nitrogens is 6. The lowest BCUT2D eigenvalue weighted by atomic mass is 10.00. The van der Waals surface area contributed by atoms with Crippen molar-refractivity contribution in [2.45, 2.75) is 6.10 Å². The molecule has 4 aromatic rings. The van der Waals surface area contributed by atoms with Gasteiger partial charge < -0.3 is 15.7 Å². The summed E-state index contributed by atoms with van der Waals surface area (Å²) in [4.78, 5) is 0. The Kier molecular flexibility index (Phi) is 6.49. The van der Waals surface area contributed by atoms with Crippen LogP contribution in [-0.4, -0.2) is 35.9 Å². The Balaban J connectivity index is 1.85. The van der Waals surface area contributed by atoms with Gasteiger partial charge in [-0.3, -0.25) is 0 Å². The van der Waals surface area contributed by atoms with Crippen LogP contribution < -0.4 is 10.6 Å². The summed E-state index contributed by atoms with van der Waals surface area (Å²) in [5.74, 6) is 0.953. The van der Waals surface area contributed by atoms with E-state index in [0.717, 1.165) is 11.1 Å². The summed E-state index contributed by atoms with van der Waals surface area (Å²) in [7, 11) is 0. The van der Waals surface area contributed by atoms with Crippen LogP contribution in [0.1, 0.15) is 22.8 Å². The topological polar surface area (TPSA) is 122 Å². The number of anilines is 4. The number of aliphatic hydroxyl groups is 1. The first-order chi connectivity index (χ1) is 15.7. The summed E-state index contributed by atoms with van der Waals surface area (Å²) in [6.07, 6.45) is 7.58. The number of benzene rings is 2. The van der Waals surface area contributed by atoms with Crippen LogP contribution >= 0.6 is 0 Å². The molecule has 0 saturated carbocycles. The quantitative estimate of drug-likeness (QED) is 0.285. The van der Waals surface area contributed by atoms with Gasteiger partial charge in [0, 0.05) is 23.3 Å². The lowest BCUT2D eigenvalue weighted by Gasteiger charge is -2.21. The maximum Gasteiger partial charge on any atom is 0.156 e. The van der Waals surface area contributed by atoms with Crippen molar-refractivity contribution in [1.29, 1.82) is 0 Å². The highest BCUT2D eigenvalue weighted by Crippen LogP contribution is 2.38. The second-order valence-corrected chi connectivity index (χ2v) is 6.68. The van der Waals surface area contributed by atoms with E-state index < -0.39 is 6.10 Å². The monoisotopic (exact) mass is 424 g/mol. The molecule has 0 amide bonds. The van der Waals surface area contributed by atoms with Crippen molar-refractivity contribution < 1.29 is 5.11 Å². The third-order valence-corrected chi connectivity index (χ3v) is 4.58. The van der Waals surface area contributed by atoms with Crippen LogP contribution in [0, 0.1) is 0 Å². The molecule has 9 nitrogen and oxygen atoms in total. The molecule has 1 atom stereocenters. The molecule has 0 fully saturated rings. The van der Waals surface area contributed by atoms with Gasteiger partial charge in [0.05, 0.1) is 29.9 Å². The van der Waals surface area contributed by atoms with Gasteiger partial charge in [0.1, 0.15) is 0 Å². The molecular formula is C23H20N8O. The highest BCUT2D eigenvalue weighted by Gasteiger charge is 2.18. The Labute approximate surface area is 184 Å². The van der Waals surface area contributed by atoms with Crippen molar-refractivity contribution in [3.8, 4) is 0 Å². The summed E-state index contributed by atoms with van der Waals surface area (Å²) in [6, 6.07) is 17.1. The molecule has 4 rings (SSSR count). The first-order valence-electron chi connectivity index (χ1n) is 9.78. The molecule has 0 aliphatic rings. The lowest BCUT2D eigenvalue weighted by Crippen LogP contribution is -2.08. The number of hydrogen-bond acceptors (Lipinski definition) is 9. The fourth-order valence-corrected chi connectivity index (χ4v) is 3.04. The van der Waals surface area contributed by atoms with Crippen LogP contribution in [0.4, 0.5) is 23.0 Å². The molecule has 2 aromatic heterocycles. The molecule has 0 saturated heterocycles. The molecule has 9 heteroatoms. The van der Waals surface area contributed by atoms with Crippen LogP contribution in [-0.2, 0) is 0 Å². The molecular weight excluding hydrogens is 404 g/mol. The van der Waals surface area contributed by atoms with Gasteiger partial charge >= 0.3 is 0 Å². The van der Waals surface area contributed by atoms with E-state index in [2.05, 4.69) is 48.0 Å². The van der Waals surface area contributed by atoms with E-state index in [1.807, 2.05) is 54.6 Å². The summed E-state index contributed by atoms with van der Waals surface area (Å²) in [6.45, 7) is 3.72. The zero-order valence-corrected chi connectivity index (χ0v) is 17.0. The number of nitrogens with zero attached hydrogens (tertiary/aromatic N) is 6. The molecule has 2 heterocycles. The minimum atomic E-state index is -0.913. The summed E-state index contributed by atoms with van der Waals surface area (Å²) in [5, 5.41) is 40.0. The summed E-state index contributed by atoms with van der Waals surface area (Å²) in [5.41, 5.74) is 3.74. The molecule has 3 N–H and O–H groups in total. The Morgan fingerprint density at radius 1 is 0.781 bits per heavy atom. The minimum absolute atomic E-state index is 0.463. The largest absolute Gasteiger partial charge is 0.384 e. The van der Waals surface area contributed by atoms with Gasteiger partial charge in [-0.2, -0.15) is 0 Å². The molecule has 158 valence electrons. The molecule has 0 bridgehead atoms. The predicted octanol–water partition coefficient (Wildman–Crippen LogP) is 3.93. The van der Waals surface area contributed by atoms with Gasteiger partial charge in [0.25, 0.3) is 0 Å². The minimum Gasteiger partial charge on any atom is -0.384 e. The third-order valence-electron chi connectivity index (χ3n) is 4.58. The second-order valence-electron chi connectivity index (χ2n) is 6.68. The highest BCUT2D eigenvalue weighted by atomic mass is 16.3. The summed E-state index contributed by atoms with van der Waals surface area (Å²) >= 11 is 0. The standard InChI is InChI=1S/C23H20N8O/c1-2-19(32)18-11-10-17(9-8-16-6-4-3-5-7-16)22(26-20-12-14-24-30-28-20)23(18)27-21-13-15-25-31-29-21/h2-15,19,32H,1H2,(H,24,26,28)(H,25,27,29). The van der Waals surface area contributed by atoms with Gasteiger partial charge in [-0.15, -0.1) is 27.0 Å². The van der Waals surface area contributed by atoms with E-state index in [1.54, 1.807) is 18.3 Å². The van der Waals surface area contributed by atoms with E-state index in [1.165, 1.54) is 12.3 Å². The van der Waals surface area contributed by atoms with Gasteiger partial charge in [-0.05, 0) is 16.0 Å². The van der Waals surface area contributed by atoms with Crippen molar-refractivity contribution in [1.82, 2.24) is 30.8 Å². The van der Waals surface area contributed by atoms with Crippen molar-refractivity contribution in [3.05, 3.63) is 96.3 Å². The normalized spacial score (nSPS) is 11.8. The molecule has 1 unspecified atom stereocenters. The number of aliphatic hydroxyl groups excluding tert-OH is 1. The summed E-state index contributed by atoms with van der Waals surface area (Å²) < 4.78 is 0. The molecule has 0 aliphatic heterocycles. The fraction of sp³-hybridized carbons (Fsp3) is 0.0435. The Hall–Kier alpha value is -4.50. The maximum absolute atomic E-state index is 10.6. The Morgan fingerprint density at radius 3 is 2.03 bits per heavy atom. The second kappa shape index (κ2) is 10.0. The van der Waals surface area contributed by atoms with Crippen LogP contribution in [0.2, 0.25) is 0 Å². The van der Waals surface area contributed by atoms with Crippen LogP contribution in [0.3, 0.4) is 0 Å². The molecule has 0 aliphatic carbocycles. The van der Waals surface area contributed by atoms with E-state index in [-0.39, 0.29) is 0 Å². The fourth-order valence-electron chi connectivity index (χ4n) is 3.04. The van der Waals surface area contributed by atoms with E-state index in [9.17, 15) is 5.11 Å². The number of hydrogen-bond donors (Lipinski definition) is 3. The first-order valence-corrected chi connectivity index (χ1v) is 9.78. The van der Waals surface area contributed by atoms with Crippen LogP contribution in [0.5, 0.6) is 0 Å². The SMILES string of the molecule is C=CC(O)c1ccc(C=Cc2ccccc2)c(Nc2ccnnn2)c1Nc1ccnnn1. The Morgan fingerprint density at radius 2 is 1.44 bits per heavy atom. The predicted molar refractivity (Wildman–Crippen MR) is 123 cm³/mol. The lowest BCUT2D eigenvalue weighted by molar-refractivity contribution is 0.230. The number of nitrogens with one attached hydrogen (secondary N) is 2. The van der Waals surface area contributed by atoms with Crippen molar-refractivity contribution in [2.24, 2.45) is 0 Å². The smallest absolute Gasteiger partial charge is 0.156 e. The highest BCUT2D eigenvalue weighted by molar-refractivity contribution is 5.89. The zero-order chi connectivity index (χ0) is 22.2. The van der Waals surface area contributed by atoms with Gasteiger partial charge in [-0.25, -0.2) is 0 Å². The molecule has 0 radical (unpaired) electrons. The van der Waals surface area contributed by atoms with Crippen LogP contribution in [0.25, 0.3) is 12.2 Å². The van der Waals surface area contributed by atoms with E-state index in [0.29, 0.717) is 28.6 Å². The van der Waals surface area contributed by atoms with E-state index >= 15 is 0 Å². The zero-order valence-electron chi connectivity index (χ0n) is 17.0. The van der Waals surface area contributed by atoms with Gasteiger partial charge in [-0.1, -0.05) is 60.7 Å². The van der Waals surface area contributed by atoms with Crippen molar-refractivity contribution in [2.75, 3.05) is 10.6 Å². The molecule has 32 heavy (non-hydrogen) atoms. The molecule has 0 spiro atoms. The van der Waals surface area contributed by atoms with Gasteiger partial charge in [0.15, 0.2) is 11.6 Å². The van der Waals surface area contributed by atoms with Gasteiger partial charge in [0.2, 0.25) is 0 Å². The molecule has 2 aromatic carbocycles. The average molecular weight is 424 g/mol. The Bertz CT molecular complexity index is 1200. The van der Waals surface area contributed by atoms with Crippen molar-refractivity contribution in [3.63, 3.8) is 0 Å². The first kappa shape index (κ1) is 20.8. The third kappa shape index (κ3) is 4.97. The van der Waals surface area contributed by atoms with Crippen molar-refractivity contribution >= 4 is 35.2 Å². The maximum atomic E-state index is 10.6. The van der Waals surface area contributed by atoms with E-state index in [4.69, 9.17) is 0 Å².